The number of carbonyl (C=O) groups excluding carboxylic acids is 2. The summed E-state index contributed by atoms with van der Waals surface area (Å²) in [7, 11) is 1.57. The third-order valence-electron chi connectivity index (χ3n) is 3.76. The smallest absolute Gasteiger partial charge is 0.277 e. The van der Waals surface area contributed by atoms with Crippen LogP contribution < -0.4 is 14.7 Å². The van der Waals surface area contributed by atoms with Gasteiger partial charge in [0.05, 0.1) is 19.6 Å². The molecule has 0 atom stereocenters. The second-order valence-electron chi connectivity index (χ2n) is 5.63. The summed E-state index contributed by atoms with van der Waals surface area (Å²) < 4.78 is 11.8. The minimum atomic E-state index is -0.385. The molecule has 2 aromatic heterocycles. The first kappa shape index (κ1) is 18.1. The van der Waals surface area contributed by atoms with Gasteiger partial charge in [0.1, 0.15) is 17.1 Å². The van der Waals surface area contributed by atoms with E-state index in [2.05, 4.69) is 10.5 Å². The van der Waals surface area contributed by atoms with Gasteiger partial charge >= 0.3 is 0 Å². The van der Waals surface area contributed by atoms with Crippen molar-refractivity contribution in [2.45, 2.75) is 6.54 Å². The molecular weight excluding hydrogens is 346 g/mol. The van der Waals surface area contributed by atoms with E-state index in [0.29, 0.717) is 22.6 Å². The van der Waals surface area contributed by atoms with Crippen LogP contribution in [0.25, 0.3) is 0 Å². The molecule has 0 bridgehead atoms. The maximum Gasteiger partial charge on any atom is 0.277 e. The number of amides is 1. The zero-order chi connectivity index (χ0) is 19.1. The van der Waals surface area contributed by atoms with Gasteiger partial charge in [-0.3, -0.25) is 9.59 Å². The number of hydrazone groups is 1. The van der Waals surface area contributed by atoms with Gasteiger partial charge in [0.2, 0.25) is 12.3 Å². The molecule has 0 fully saturated rings. The lowest BCUT2D eigenvalue weighted by Gasteiger charge is -2.02. The lowest BCUT2D eigenvalue weighted by atomic mass is 10.1. The number of furan rings is 1. The molecule has 1 amide bonds. The molecular formula is C20H18N3O4+. The Labute approximate surface area is 155 Å². The largest absolute Gasteiger partial charge is 0.497 e. The van der Waals surface area contributed by atoms with Crippen LogP contribution in [0.2, 0.25) is 0 Å². The van der Waals surface area contributed by atoms with E-state index in [4.69, 9.17) is 9.15 Å². The minimum absolute atomic E-state index is 0.0731. The first-order valence-electron chi connectivity index (χ1n) is 8.19. The number of pyridine rings is 1. The lowest BCUT2D eigenvalue weighted by Crippen LogP contribution is -2.38. The average Bonchev–Trinajstić information content (AvgIpc) is 3.21. The summed E-state index contributed by atoms with van der Waals surface area (Å²) in [6.07, 6.45) is 6.24. The molecule has 27 heavy (non-hydrogen) atoms. The van der Waals surface area contributed by atoms with Gasteiger partial charge in [0, 0.05) is 11.6 Å². The van der Waals surface area contributed by atoms with Gasteiger partial charge in [0.25, 0.3) is 5.91 Å². The predicted octanol–water partition coefficient (Wildman–Crippen LogP) is 2.22. The van der Waals surface area contributed by atoms with E-state index in [1.807, 2.05) is 0 Å². The van der Waals surface area contributed by atoms with Crippen LogP contribution in [0.3, 0.4) is 0 Å². The molecule has 0 unspecified atom stereocenters. The van der Waals surface area contributed by atoms with E-state index in [9.17, 15) is 9.59 Å². The highest BCUT2D eigenvalue weighted by Crippen LogP contribution is 2.11. The summed E-state index contributed by atoms with van der Waals surface area (Å²) in [4.78, 5) is 24.6. The van der Waals surface area contributed by atoms with Crippen LogP contribution >= 0.6 is 0 Å². The fourth-order valence-corrected chi connectivity index (χ4v) is 2.37. The van der Waals surface area contributed by atoms with E-state index in [0.717, 1.165) is 0 Å². The second kappa shape index (κ2) is 8.57. The van der Waals surface area contributed by atoms with Crippen LogP contribution in [-0.4, -0.2) is 25.0 Å². The van der Waals surface area contributed by atoms with Crippen molar-refractivity contribution in [2.24, 2.45) is 5.10 Å². The normalized spacial score (nSPS) is 10.7. The Kier molecular flexibility index (Phi) is 5.73. The van der Waals surface area contributed by atoms with E-state index in [1.54, 1.807) is 72.6 Å². The van der Waals surface area contributed by atoms with Crippen molar-refractivity contribution < 1.29 is 23.3 Å². The minimum Gasteiger partial charge on any atom is -0.497 e. The Morgan fingerprint density at radius 2 is 1.96 bits per heavy atom. The molecule has 7 nitrogen and oxygen atoms in total. The van der Waals surface area contributed by atoms with Crippen LogP contribution in [0, 0.1) is 0 Å². The van der Waals surface area contributed by atoms with Gasteiger partial charge in [0.15, 0.2) is 12.4 Å². The van der Waals surface area contributed by atoms with Crippen molar-refractivity contribution >= 4 is 17.9 Å². The molecule has 3 aromatic rings. The van der Waals surface area contributed by atoms with Crippen molar-refractivity contribution in [1.29, 1.82) is 0 Å². The number of methoxy groups -OCH3 is 1. The number of benzene rings is 1. The molecule has 0 aliphatic carbocycles. The number of aromatic nitrogens is 1. The SMILES string of the molecule is COc1ccc(C(=O)C[n+]2cccc(C(=O)N/N=C/c3ccco3)c2)cc1. The molecule has 0 saturated carbocycles. The quantitative estimate of drug-likeness (QED) is 0.301. The summed E-state index contributed by atoms with van der Waals surface area (Å²) in [6.45, 7) is 0.114. The fraction of sp³-hybridized carbons (Fsp3) is 0.100. The number of carbonyl (C=O) groups is 2. The van der Waals surface area contributed by atoms with Gasteiger partial charge in [-0.2, -0.15) is 9.67 Å². The van der Waals surface area contributed by atoms with Crippen LogP contribution in [0.15, 0.2) is 76.7 Å². The van der Waals surface area contributed by atoms with Crippen molar-refractivity contribution in [3.05, 3.63) is 84.1 Å². The number of rotatable bonds is 7. The maximum atomic E-state index is 12.4. The average molecular weight is 364 g/mol. The molecule has 2 heterocycles. The number of hydrogen-bond acceptors (Lipinski definition) is 5. The monoisotopic (exact) mass is 364 g/mol. The highest BCUT2D eigenvalue weighted by atomic mass is 16.5. The van der Waals surface area contributed by atoms with Crippen LogP contribution in [0.4, 0.5) is 0 Å². The molecule has 0 spiro atoms. The molecule has 0 aliphatic rings. The Balaban J connectivity index is 1.63. The van der Waals surface area contributed by atoms with Gasteiger partial charge < -0.3 is 9.15 Å². The number of nitrogens with zero attached hydrogens (tertiary/aromatic N) is 2. The third-order valence-corrected chi connectivity index (χ3v) is 3.76. The van der Waals surface area contributed by atoms with E-state index in [1.165, 1.54) is 12.5 Å². The Hall–Kier alpha value is -3.74. The van der Waals surface area contributed by atoms with Crippen molar-refractivity contribution in [3.63, 3.8) is 0 Å². The third kappa shape index (κ3) is 4.88. The zero-order valence-electron chi connectivity index (χ0n) is 14.7. The first-order chi connectivity index (χ1) is 13.2. The number of nitrogens with one attached hydrogen (secondary N) is 1. The maximum absolute atomic E-state index is 12.4. The number of ketones is 1. The number of ether oxygens (including phenoxy) is 1. The highest BCUT2D eigenvalue weighted by molar-refractivity contribution is 5.95. The predicted molar refractivity (Wildman–Crippen MR) is 97.7 cm³/mol. The zero-order valence-corrected chi connectivity index (χ0v) is 14.7. The number of hydrogen-bond donors (Lipinski definition) is 1. The summed E-state index contributed by atoms with van der Waals surface area (Å²) >= 11 is 0. The Morgan fingerprint density at radius 3 is 2.67 bits per heavy atom. The van der Waals surface area contributed by atoms with Crippen molar-refractivity contribution in [3.8, 4) is 5.75 Å². The first-order valence-corrected chi connectivity index (χ1v) is 8.19. The summed E-state index contributed by atoms with van der Waals surface area (Å²) in [6, 6.07) is 13.7. The summed E-state index contributed by atoms with van der Waals surface area (Å²) in [5.41, 5.74) is 3.38. The molecule has 136 valence electrons. The molecule has 3 rings (SSSR count). The van der Waals surface area contributed by atoms with E-state index in [-0.39, 0.29) is 18.2 Å². The van der Waals surface area contributed by atoms with Crippen molar-refractivity contribution in [1.82, 2.24) is 5.43 Å². The second-order valence-corrected chi connectivity index (χ2v) is 5.63. The van der Waals surface area contributed by atoms with Crippen molar-refractivity contribution in [2.75, 3.05) is 7.11 Å². The van der Waals surface area contributed by atoms with Gasteiger partial charge in [-0.05, 0) is 42.5 Å². The topological polar surface area (TPSA) is 84.8 Å². The van der Waals surface area contributed by atoms with Gasteiger partial charge in [-0.25, -0.2) is 5.43 Å². The Bertz CT molecular complexity index is 948. The van der Waals surface area contributed by atoms with Crippen LogP contribution in [-0.2, 0) is 6.54 Å². The Morgan fingerprint density at radius 1 is 1.15 bits per heavy atom. The standard InChI is InChI=1S/C20H17N3O4/c1-26-17-8-6-15(7-9-17)19(24)14-23-10-2-4-16(13-23)20(25)22-21-12-18-5-3-11-27-18/h2-13H,14H2,1H3/p+1/b21-12+. The molecule has 1 N–H and O–H groups in total. The van der Waals surface area contributed by atoms with E-state index >= 15 is 0 Å². The van der Waals surface area contributed by atoms with Crippen LogP contribution in [0.1, 0.15) is 26.5 Å². The van der Waals surface area contributed by atoms with Gasteiger partial charge in [-0.15, -0.1) is 0 Å². The molecule has 0 aliphatic heterocycles. The molecule has 1 aromatic carbocycles. The highest BCUT2D eigenvalue weighted by Gasteiger charge is 2.15. The summed E-state index contributed by atoms with van der Waals surface area (Å²) in [5.74, 6) is 0.761. The molecule has 7 heteroatoms. The van der Waals surface area contributed by atoms with Crippen LogP contribution in [0.5, 0.6) is 5.75 Å². The molecule has 0 radical (unpaired) electrons. The molecule has 0 saturated heterocycles. The van der Waals surface area contributed by atoms with E-state index < -0.39 is 0 Å². The van der Waals surface area contributed by atoms with Gasteiger partial charge in [-0.1, -0.05) is 0 Å². The number of Topliss-reactive ketones (excluding diaryl/α,β-unsaturated/α-hetero) is 1. The fourth-order valence-electron chi connectivity index (χ4n) is 2.37. The lowest BCUT2D eigenvalue weighted by molar-refractivity contribution is -0.683. The summed E-state index contributed by atoms with van der Waals surface area (Å²) in [5, 5.41) is 3.84.